The minimum Gasteiger partial charge on any atom is -0.494 e. The van der Waals surface area contributed by atoms with Crippen molar-refractivity contribution < 1.29 is 38.0 Å². The second-order valence-electron chi connectivity index (χ2n) is 10.7. The van der Waals surface area contributed by atoms with Crippen LogP contribution in [0.3, 0.4) is 0 Å². The number of hydrogen-bond donors (Lipinski definition) is 0. The van der Waals surface area contributed by atoms with Crippen molar-refractivity contribution >= 4 is 17.8 Å². The zero-order valence-corrected chi connectivity index (χ0v) is 25.2. The third-order valence-electron chi connectivity index (χ3n) is 7.81. The van der Waals surface area contributed by atoms with Crippen molar-refractivity contribution in [2.24, 2.45) is 0 Å². The standard InChI is InChI=1S/C35H38O8/c1-5-6-7-8-9-10-17-41-24-13-11-23(12-14-24)26-21-31(36)42-27-16-15-25-33(37)28(43-34(25)32(26)27)18-22-19-29(38-2)35(40-4)30(20-22)39-3/h11-16,18-20,26H,5-10,17,21H2,1-4H3/b28-18-. The molecule has 2 aliphatic heterocycles. The van der Waals surface area contributed by atoms with Gasteiger partial charge in [0.25, 0.3) is 0 Å². The Morgan fingerprint density at radius 1 is 0.837 bits per heavy atom. The molecule has 3 aromatic rings. The van der Waals surface area contributed by atoms with E-state index in [1.807, 2.05) is 24.3 Å². The van der Waals surface area contributed by atoms with Crippen molar-refractivity contribution in [3.8, 4) is 34.5 Å². The number of unbranched alkanes of at least 4 members (excludes halogenated alkanes) is 5. The highest BCUT2D eigenvalue weighted by atomic mass is 16.5. The van der Waals surface area contributed by atoms with Crippen LogP contribution < -0.4 is 28.4 Å². The largest absolute Gasteiger partial charge is 0.494 e. The Labute approximate surface area is 252 Å². The molecule has 0 aliphatic carbocycles. The average Bonchev–Trinajstić information content (AvgIpc) is 3.34. The normalized spacial score (nSPS) is 16.3. The molecule has 1 atom stereocenters. The fourth-order valence-electron chi connectivity index (χ4n) is 5.60. The molecule has 5 rings (SSSR count). The van der Waals surface area contributed by atoms with Crippen LogP contribution in [0.15, 0.2) is 54.3 Å². The molecule has 43 heavy (non-hydrogen) atoms. The maximum absolute atomic E-state index is 13.5. The number of Topliss-reactive ketones (excluding diaryl/α,β-unsaturated/α-hetero) is 1. The lowest BCUT2D eigenvalue weighted by Gasteiger charge is -2.26. The Hall–Kier alpha value is -4.46. The van der Waals surface area contributed by atoms with Gasteiger partial charge < -0.3 is 28.4 Å². The van der Waals surface area contributed by atoms with E-state index < -0.39 is 0 Å². The zero-order chi connectivity index (χ0) is 30.3. The summed E-state index contributed by atoms with van der Waals surface area (Å²) >= 11 is 0. The summed E-state index contributed by atoms with van der Waals surface area (Å²) in [5.41, 5.74) is 2.65. The molecular weight excluding hydrogens is 548 g/mol. The maximum Gasteiger partial charge on any atom is 0.312 e. The number of esters is 1. The third-order valence-corrected chi connectivity index (χ3v) is 7.81. The van der Waals surface area contributed by atoms with Gasteiger partial charge in [-0.1, -0.05) is 51.2 Å². The zero-order valence-electron chi connectivity index (χ0n) is 25.2. The van der Waals surface area contributed by atoms with Gasteiger partial charge in [-0.05, 0) is 60.0 Å². The molecule has 226 valence electrons. The molecule has 0 saturated heterocycles. The van der Waals surface area contributed by atoms with Crippen molar-refractivity contribution in [2.75, 3.05) is 27.9 Å². The van der Waals surface area contributed by atoms with E-state index in [2.05, 4.69) is 6.92 Å². The van der Waals surface area contributed by atoms with Crippen LogP contribution in [0.4, 0.5) is 0 Å². The van der Waals surface area contributed by atoms with E-state index in [9.17, 15) is 9.59 Å². The quantitative estimate of drug-likeness (QED) is 0.0880. The molecule has 0 radical (unpaired) electrons. The summed E-state index contributed by atoms with van der Waals surface area (Å²) in [6, 6.07) is 14.6. The van der Waals surface area contributed by atoms with Gasteiger partial charge in [-0.3, -0.25) is 9.59 Å². The lowest BCUT2D eigenvalue weighted by Crippen LogP contribution is -2.21. The summed E-state index contributed by atoms with van der Waals surface area (Å²) in [4.78, 5) is 26.1. The van der Waals surface area contributed by atoms with Crippen LogP contribution in [0.2, 0.25) is 0 Å². The summed E-state index contributed by atoms with van der Waals surface area (Å²) < 4.78 is 34.1. The highest BCUT2D eigenvalue weighted by Gasteiger charge is 2.38. The molecular formula is C35H38O8. The van der Waals surface area contributed by atoms with Crippen LogP contribution in [0.25, 0.3) is 6.08 Å². The number of allylic oxidation sites excluding steroid dienone is 1. The van der Waals surface area contributed by atoms with E-state index in [0.717, 1.165) is 17.7 Å². The molecule has 0 N–H and O–H groups in total. The number of carbonyl (C=O) groups excluding carboxylic acids is 2. The van der Waals surface area contributed by atoms with Crippen LogP contribution >= 0.6 is 0 Å². The van der Waals surface area contributed by atoms with Gasteiger partial charge in [-0.25, -0.2) is 0 Å². The molecule has 0 spiro atoms. The predicted octanol–water partition coefficient (Wildman–Crippen LogP) is 7.51. The van der Waals surface area contributed by atoms with Gasteiger partial charge in [0.1, 0.15) is 17.2 Å². The van der Waals surface area contributed by atoms with Crippen molar-refractivity contribution in [3.63, 3.8) is 0 Å². The molecule has 0 saturated carbocycles. The number of methoxy groups -OCH3 is 3. The second kappa shape index (κ2) is 13.7. The van der Waals surface area contributed by atoms with E-state index in [0.29, 0.717) is 52.0 Å². The fourth-order valence-corrected chi connectivity index (χ4v) is 5.60. The minimum absolute atomic E-state index is 0.130. The van der Waals surface area contributed by atoms with Gasteiger partial charge in [-0.2, -0.15) is 0 Å². The number of ketones is 1. The molecule has 0 amide bonds. The first-order valence-electron chi connectivity index (χ1n) is 14.8. The molecule has 2 heterocycles. The van der Waals surface area contributed by atoms with Crippen LogP contribution in [0.5, 0.6) is 34.5 Å². The Bertz CT molecular complexity index is 1480. The van der Waals surface area contributed by atoms with Crippen LogP contribution in [-0.4, -0.2) is 39.7 Å². The summed E-state index contributed by atoms with van der Waals surface area (Å²) in [6.45, 7) is 2.89. The number of benzene rings is 3. The fraction of sp³-hybridized carbons (Fsp3) is 0.371. The topological polar surface area (TPSA) is 89.5 Å². The summed E-state index contributed by atoms with van der Waals surface area (Å²) in [5, 5.41) is 0. The van der Waals surface area contributed by atoms with Crippen LogP contribution in [0.1, 0.15) is 84.8 Å². The van der Waals surface area contributed by atoms with Gasteiger partial charge >= 0.3 is 5.97 Å². The summed E-state index contributed by atoms with van der Waals surface area (Å²) in [5.74, 6) is 2.16. The number of ether oxygens (including phenoxy) is 6. The first-order valence-corrected chi connectivity index (χ1v) is 14.8. The van der Waals surface area contributed by atoms with Gasteiger partial charge in [0.2, 0.25) is 11.5 Å². The SMILES string of the molecule is CCCCCCCCOc1ccc(C2CC(=O)Oc3ccc4c(c32)O/C(=C\c2cc(OC)c(OC)c(OC)c2)C4=O)cc1. The lowest BCUT2D eigenvalue weighted by atomic mass is 9.84. The van der Waals surface area contributed by atoms with Crippen molar-refractivity contribution in [1.82, 2.24) is 0 Å². The maximum atomic E-state index is 13.5. The van der Waals surface area contributed by atoms with E-state index in [1.54, 1.807) is 30.3 Å². The number of rotatable bonds is 13. The Kier molecular flexibility index (Phi) is 9.55. The monoisotopic (exact) mass is 586 g/mol. The Morgan fingerprint density at radius 2 is 1.53 bits per heavy atom. The first-order chi connectivity index (χ1) is 21.0. The average molecular weight is 587 g/mol. The lowest BCUT2D eigenvalue weighted by molar-refractivity contribution is -0.135. The minimum atomic E-state index is -0.341. The van der Waals surface area contributed by atoms with E-state index >= 15 is 0 Å². The van der Waals surface area contributed by atoms with Crippen LogP contribution in [0, 0.1) is 0 Å². The number of hydrogen-bond acceptors (Lipinski definition) is 8. The van der Waals surface area contributed by atoms with Gasteiger partial charge in [0.05, 0.1) is 39.9 Å². The second-order valence-corrected chi connectivity index (χ2v) is 10.7. The summed E-state index contributed by atoms with van der Waals surface area (Å²) in [7, 11) is 4.59. The molecule has 3 aromatic carbocycles. The van der Waals surface area contributed by atoms with E-state index in [1.165, 1.54) is 53.4 Å². The molecule has 0 aromatic heterocycles. The highest BCUT2D eigenvalue weighted by Crippen LogP contribution is 2.49. The van der Waals surface area contributed by atoms with Gasteiger partial charge in [0, 0.05) is 11.5 Å². The molecule has 8 heteroatoms. The van der Waals surface area contributed by atoms with Gasteiger partial charge in [0.15, 0.2) is 17.3 Å². The molecule has 1 unspecified atom stereocenters. The van der Waals surface area contributed by atoms with Crippen molar-refractivity contribution in [3.05, 3.63) is 76.5 Å². The van der Waals surface area contributed by atoms with E-state index in [-0.39, 0.29) is 29.9 Å². The van der Waals surface area contributed by atoms with Crippen molar-refractivity contribution in [1.29, 1.82) is 0 Å². The number of fused-ring (bicyclic) bond motifs is 3. The highest BCUT2D eigenvalue weighted by molar-refractivity contribution is 6.15. The van der Waals surface area contributed by atoms with Crippen molar-refractivity contribution in [2.45, 2.75) is 57.8 Å². The molecule has 0 fully saturated rings. The first kappa shape index (κ1) is 30.0. The van der Waals surface area contributed by atoms with Gasteiger partial charge in [-0.15, -0.1) is 0 Å². The summed E-state index contributed by atoms with van der Waals surface area (Å²) in [6.07, 6.45) is 9.00. The number of carbonyl (C=O) groups is 2. The molecule has 0 bridgehead atoms. The Balaban J connectivity index is 1.38. The molecule has 8 nitrogen and oxygen atoms in total. The van der Waals surface area contributed by atoms with Crippen LogP contribution in [-0.2, 0) is 4.79 Å². The smallest absolute Gasteiger partial charge is 0.312 e. The predicted molar refractivity (Wildman–Crippen MR) is 163 cm³/mol. The molecule has 2 aliphatic rings. The Morgan fingerprint density at radius 3 is 2.21 bits per heavy atom. The van der Waals surface area contributed by atoms with E-state index in [4.69, 9.17) is 28.4 Å². The third kappa shape index (κ3) is 6.48.